The number of nitrogens with one attached hydrogen (secondary N) is 1. The summed E-state index contributed by atoms with van der Waals surface area (Å²) < 4.78 is 5.35. The fourth-order valence-corrected chi connectivity index (χ4v) is 2.59. The first-order valence-electron chi connectivity index (χ1n) is 7.86. The Bertz CT molecular complexity index is 396. The van der Waals surface area contributed by atoms with Crippen molar-refractivity contribution in [3.63, 3.8) is 0 Å². The summed E-state index contributed by atoms with van der Waals surface area (Å²) in [4.78, 5) is 25.9. The van der Waals surface area contributed by atoms with Crippen molar-refractivity contribution in [2.75, 3.05) is 32.8 Å². The maximum atomic E-state index is 12.0. The normalized spacial score (nSPS) is 19.4. The van der Waals surface area contributed by atoms with E-state index in [9.17, 15) is 9.59 Å². The third kappa shape index (κ3) is 5.16. The van der Waals surface area contributed by atoms with Crippen LogP contribution in [0.5, 0.6) is 0 Å². The van der Waals surface area contributed by atoms with Crippen LogP contribution in [0.3, 0.4) is 0 Å². The van der Waals surface area contributed by atoms with Crippen molar-refractivity contribution >= 4 is 11.8 Å². The second-order valence-corrected chi connectivity index (χ2v) is 6.17. The van der Waals surface area contributed by atoms with Gasteiger partial charge in [-0.15, -0.1) is 0 Å². The molecule has 0 unspecified atom stereocenters. The fourth-order valence-electron chi connectivity index (χ4n) is 2.59. The minimum absolute atomic E-state index is 0.0365. The maximum Gasteiger partial charge on any atom is 0.225 e. The zero-order valence-electron chi connectivity index (χ0n) is 12.9. The van der Waals surface area contributed by atoms with Crippen molar-refractivity contribution in [3.8, 4) is 0 Å². The van der Waals surface area contributed by atoms with Gasteiger partial charge in [-0.05, 0) is 32.6 Å². The van der Waals surface area contributed by atoms with Crippen molar-refractivity contribution in [1.82, 2.24) is 10.2 Å². The molecule has 2 fully saturated rings. The van der Waals surface area contributed by atoms with E-state index in [0.717, 1.165) is 44.3 Å². The van der Waals surface area contributed by atoms with Crippen molar-refractivity contribution in [1.29, 1.82) is 0 Å². The second kappa shape index (κ2) is 7.59. The Kier molecular flexibility index (Phi) is 5.79. The van der Waals surface area contributed by atoms with E-state index in [1.807, 2.05) is 11.8 Å². The first-order valence-corrected chi connectivity index (χ1v) is 7.86. The summed E-state index contributed by atoms with van der Waals surface area (Å²) in [5.41, 5.74) is 0.981. The van der Waals surface area contributed by atoms with Gasteiger partial charge in [0.25, 0.3) is 0 Å². The van der Waals surface area contributed by atoms with Crippen LogP contribution in [0.2, 0.25) is 0 Å². The Balaban J connectivity index is 1.59. The molecule has 1 aliphatic carbocycles. The molecule has 1 N–H and O–H groups in total. The number of hydrogen-bond donors (Lipinski definition) is 1. The lowest BCUT2D eigenvalue weighted by Gasteiger charge is -2.31. The van der Waals surface area contributed by atoms with Gasteiger partial charge in [0.2, 0.25) is 11.8 Å². The molecule has 118 valence electrons. The van der Waals surface area contributed by atoms with Crippen molar-refractivity contribution in [2.24, 2.45) is 11.8 Å². The van der Waals surface area contributed by atoms with Crippen LogP contribution in [0.15, 0.2) is 12.2 Å². The van der Waals surface area contributed by atoms with E-state index in [2.05, 4.69) is 11.9 Å². The monoisotopic (exact) mass is 294 g/mol. The molecule has 21 heavy (non-hydrogen) atoms. The second-order valence-electron chi connectivity index (χ2n) is 6.17. The number of piperidine rings is 1. The van der Waals surface area contributed by atoms with E-state index in [-0.39, 0.29) is 17.7 Å². The standard InChI is InChI=1S/C16H26N2O3/c1-12(2)11-21-10-7-17-15(19)13-5-8-18(9-6-13)16(20)14-3-4-14/h13-14H,1,3-11H2,2H3,(H,17,19). The predicted molar refractivity (Wildman–Crippen MR) is 80.7 cm³/mol. The number of carbonyl (C=O) groups is 2. The van der Waals surface area contributed by atoms with Crippen molar-refractivity contribution in [3.05, 3.63) is 12.2 Å². The van der Waals surface area contributed by atoms with E-state index in [1.54, 1.807) is 0 Å². The van der Waals surface area contributed by atoms with Crippen LogP contribution >= 0.6 is 0 Å². The SMILES string of the molecule is C=C(C)COCCNC(=O)C1CCN(C(=O)C2CC2)CC1. The topological polar surface area (TPSA) is 58.6 Å². The average Bonchev–Trinajstić information content (AvgIpc) is 3.30. The molecule has 0 aromatic carbocycles. The summed E-state index contributed by atoms with van der Waals surface area (Å²) in [6.45, 7) is 8.70. The van der Waals surface area contributed by atoms with Gasteiger partial charge < -0.3 is 15.0 Å². The number of amides is 2. The van der Waals surface area contributed by atoms with E-state index in [4.69, 9.17) is 4.74 Å². The molecule has 2 amide bonds. The number of ether oxygens (including phenoxy) is 1. The Morgan fingerprint density at radius 1 is 1.19 bits per heavy atom. The molecule has 0 bridgehead atoms. The van der Waals surface area contributed by atoms with Gasteiger partial charge in [-0.25, -0.2) is 0 Å². The number of rotatable bonds is 7. The predicted octanol–water partition coefficient (Wildman–Crippen LogP) is 1.34. The maximum absolute atomic E-state index is 12.0. The van der Waals surface area contributed by atoms with Crippen LogP contribution in [-0.2, 0) is 14.3 Å². The zero-order chi connectivity index (χ0) is 15.2. The summed E-state index contributed by atoms with van der Waals surface area (Å²) in [5, 5.41) is 2.91. The van der Waals surface area contributed by atoms with Gasteiger partial charge >= 0.3 is 0 Å². The molecule has 1 saturated heterocycles. The average molecular weight is 294 g/mol. The molecular formula is C16H26N2O3. The third-order valence-electron chi connectivity index (χ3n) is 4.00. The quantitative estimate of drug-likeness (QED) is 0.569. The summed E-state index contributed by atoms with van der Waals surface area (Å²) >= 11 is 0. The molecule has 0 spiro atoms. The highest BCUT2D eigenvalue weighted by Gasteiger charge is 2.35. The lowest BCUT2D eigenvalue weighted by molar-refractivity contribution is -0.136. The van der Waals surface area contributed by atoms with Gasteiger partial charge in [0.1, 0.15) is 0 Å². The van der Waals surface area contributed by atoms with Crippen molar-refractivity contribution < 1.29 is 14.3 Å². The lowest BCUT2D eigenvalue weighted by Crippen LogP contribution is -2.44. The molecule has 5 nitrogen and oxygen atoms in total. The summed E-state index contributed by atoms with van der Waals surface area (Å²) in [5.74, 6) is 0.699. The van der Waals surface area contributed by atoms with Gasteiger partial charge in [-0.1, -0.05) is 12.2 Å². The fraction of sp³-hybridized carbons (Fsp3) is 0.750. The van der Waals surface area contributed by atoms with Crippen LogP contribution in [0, 0.1) is 11.8 Å². The molecule has 0 radical (unpaired) electrons. The molecule has 5 heteroatoms. The first kappa shape index (κ1) is 16.0. The first-order chi connectivity index (χ1) is 10.1. The van der Waals surface area contributed by atoms with Gasteiger partial charge in [0.05, 0.1) is 13.2 Å². The highest BCUT2D eigenvalue weighted by atomic mass is 16.5. The summed E-state index contributed by atoms with van der Waals surface area (Å²) in [6.07, 6.45) is 3.64. The van der Waals surface area contributed by atoms with Crippen LogP contribution in [0.25, 0.3) is 0 Å². The highest BCUT2D eigenvalue weighted by molar-refractivity contribution is 5.82. The van der Waals surface area contributed by atoms with Crippen LogP contribution in [0.1, 0.15) is 32.6 Å². The number of carbonyl (C=O) groups excluding carboxylic acids is 2. The minimum atomic E-state index is 0.0365. The minimum Gasteiger partial charge on any atom is -0.375 e. The number of hydrogen-bond acceptors (Lipinski definition) is 3. The van der Waals surface area contributed by atoms with Gasteiger partial charge in [-0.2, -0.15) is 0 Å². The highest BCUT2D eigenvalue weighted by Crippen LogP contribution is 2.32. The van der Waals surface area contributed by atoms with Gasteiger partial charge in [-0.3, -0.25) is 9.59 Å². The zero-order valence-corrected chi connectivity index (χ0v) is 12.9. The van der Waals surface area contributed by atoms with Crippen LogP contribution in [-0.4, -0.2) is 49.6 Å². The lowest BCUT2D eigenvalue weighted by atomic mass is 9.95. The molecule has 2 rings (SSSR count). The van der Waals surface area contributed by atoms with E-state index in [1.165, 1.54) is 0 Å². The number of likely N-dealkylation sites (tertiary alicyclic amines) is 1. The third-order valence-corrected chi connectivity index (χ3v) is 4.00. The molecular weight excluding hydrogens is 268 g/mol. The van der Waals surface area contributed by atoms with Gasteiger partial charge in [0.15, 0.2) is 0 Å². The summed E-state index contributed by atoms with van der Waals surface area (Å²) in [6, 6.07) is 0. The Labute approximate surface area is 126 Å². The molecule has 1 heterocycles. The van der Waals surface area contributed by atoms with E-state index >= 15 is 0 Å². The molecule has 0 aromatic heterocycles. The largest absolute Gasteiger partial charge is 0.375 e. The Morgan fingerprint density at radius 3 is 2.43 bits per heavy atom. The smallest absolute Gasteiger partial charge is 0.225 e. The Hall–Kier alpha value is -1.36. The molecule has 0 aromatic rings. The van der Waals surface area contributed by atoms with E-state index < -0.39 is 0 Å². The van der Waals surface area contributed by atoms with Crippen LogP contribution < -0.4 is 5.32 Å². The van der Waals surface area contributed by atoms with Gasteiger partial charge in [0, 0.05) is 31.5 Å². The van der Waals surface area contributed by atoms with Crippen LogP contribution in [0.4, 0.5) is 0 Å². The van der Waals surface area contributed by atoms with Crippen molar-refractivity contribution in [2.45, 2.75) is 32.6 Å². The molecule has 1 aliphatic heterocycles. The molecule has 2 aliphatic rings. The Morgan fingerprint density at radius 2 is 1.86 bits per heavy atom. The molecule has 0 atom stereocenters. The van der Waals surface area contributed by atoms with E-state index in [0.29, 0.717) is 25.7 Å². The number of nitrogens with zero attached hydrogens (tertiary/aromatic N) is 1. The molecule has 1 saturated carbocycles. The summed E-state index contributed by atoms with van der Waals surface area (Å²) in [7, 11) is 0.